The van der Waals surface area contributed by atoms with Gasteiger partial charge in [0.25, 0.3) is 5.91 Å². The van der Waals surface area contributed by atoms with E-state index in [1.807, 2.05) is 0 Å². The maximum Gasteiger partial charge on any atom is 0.316 e. The lowest BCUT2D eigenvalue weighted by Gasteiger charge is -2.12. The van der Waals surface area contributed by atoms with Crippen molar-refractivity contribution in [1.82, 2.24) is 14.8 Å². The molecule has 0 aromatic carbocycles. The van der Waals surface area contributed by atoms with Gasteiger partial charge in [-0.05, 0) is 12.8 Å². The van der Waals surface area contributed by atoms with Crippen LogP contribution >= 0.6 is 8.25 Å². The monoisotopic (exact) mass is 276 g/mol. The minimum Gasteiger partial charge on any atom is -0.363 e. The molecular formula is C8H13N4O5P. The number of nitrogens with zero attached hydrogens (tertiary/aromatic N) is 3. The average molecular weight is 276 g/mol. The Hall–Kier alpha value is -1.28. The Bertz CT molecular complexity index is 464. The van der Waals surface area contributed by atoms with Crippen molar-refractivity contribution >= 4 is 14.2 Å². The van der Waals surface area contributed by atoms with E-state index in [-0.39, 0.29) is 24.8 Å². The highest BCUT2D eigenvalue weighted by Crippen LogP contribution is 2.29. The van der Waals surface area contributed by atoms with Gasteiger partial charge in [-0.2, -0.15) is 0 Å². The first kappa shape index (κ1) is 13.2. The topological polar surface area (TPSA) is 130 Å². The van der Waals surface area contributed by atoms with Crippen LogP contribution in [0.4, 0.5) is 0 Å². The lowest BCUT2D eigenvalue weighted by Crippen LogP contribution is -2.17. The number of hydrogen-bond acceptors (Lipinski definition) is 6. The van der Waals surface area contributed by atoms with E-state index < -0.39 is 14.2 Å². The Morgan fingerprint density at radius 2 is 2.50 bits per heavy atom. The second-order valence-electron chi connectivity index (χ2n) is 3.78. The van der Waals surface area contributed by atoms with Gasteiger partial charge in [0.1, 0.15) is 6.33 Å². The third kappa shape index (κ3) is 3.14. The molecule has 0 saturated carbocycles. The Labute approximate surface area is 103 Å². The van der Waals surface area contributed by atoms with E-state index in [1.54, 1.807) is 0 Å². The van der Waals surface area contributed by atoms with E-state index in [0.29, 0.717) is 12.8 Å². The zero-order chi connectivity index (χ0) is 13.1. The van der Waals surface area contributed by atoms with Crippen LogP contribution in [-0.2, 0) is 13.8 Å². The molecular weight excluding hydrogens is 263 g/mol. The predicted molar refractivity (Wildman–Crippen MR) is 58.9 cm³/mol. The highest BCUT2D eigenvalue weighted by atomic mass is 31.1. The molecule has 0 bridgehead atoms. The van der Waals surface area contributed by atoms with Crippen molar-refractivity contribution in [2.75, 3.05) is 6.61 Å². The van der Waals surface area contributed by atoms with Gasteiger partial charge in [0, 0.05) is 0 Å². The number of carbonyl (C=O) groups is 1. The molecule has 9 nitrogen and oxygen atoms in total. The largest absolute Gasteiger partial charge is 0.363 e. The first-order chi connectivity index (χ1) is 8.56. The van der Waals surface area contributed by atoms with E-state index in [1.165, 1.54) is 11.0 Å². The highest BCUT2D eigenvalue weighted by Gasteiger charge is 2.28. The number of aromatic nitrogens is 3. The summed E-state index contributed by atoms with van der Waals surface area (Å²) in [6, 6.07) is 0. The van der Waals surface area contributed by atoms with Gasteiger partial charge < -0.3 is 19.9 Å². The lowest BCUT2D eigenvalue weighted by atomic mass is 10.2. The Morgan fingerprint density at radius 3 is 3.11 bits per heavy atom. The van der Waals surface area contributed by atoms with Crippen molar-refractivity contribution in [3.63, 3.8) is 0 Å². The minimum absolute atomic E-state index is 0.0577. The standard InChI is InChI=1S/C8H13N4O5P/c9-7(13)8-10-4-12(11-8)6-2-1-5(17-6)3-16-18(14)15/h4-6,18H,1-3H2,(H2,9,13)(H,14,15)/t5-,6+/m0/s1. The summed E-state index contributed by atoms with van der Waals surface area (Å²) in [4.78, 5) is 23.1. The molecule has 18 heavy (non-hydrogen) atoms. The summed E-state index contributed by atoms with van der Waals surface area (Å²) in [5, 5.41) is 3.88. The molecule has 1 aromatic rings. The molecule has 3 atom stereocenters. The van der Waals surface area contributed by atoms with Crippen LogP contribution in [0.25, 0.3) is 0 Å². The van der Waals surface area contributed by atoms with Crippen LogP contribution in [0.15, 0.2) is 6.33 Å². The van der Waals surface area contributed by atoms with Gasteiger partial charge in [0.05, 0.1) is 12.7 Å². The molecule has 0 aliphatic carbocycles. The summed E-state index contributed by atoms with van der Waals surface area (Å²) in [6.07, 6.45) is 2.06. The van der Waals surface area contributed by atoms with Gasteiger partial charge >= 0.3 is 8.25 Å². The van der Waals surface area contributed by atoms with Crippen molar-refractivity contribution in [2.24, 2.45) is 5.73 Å². The number of ether oxygens (including phenoxy) is 1. The summed E-state index contributed by atoms with van der Waals surface area (Å²) in [5.74, 6) is -0.774. The van der Waals surface area contributed by atoms with Gasteiger partial charge in [-0.3, -0.25) is 9.36 Å². The Kier molecular flexibility index (Phi) is 4.07. The fourth-order valence-corrected chi connectivity index (χ4v) is 2.02. The van der Waals surface area contributed by atoms with E-state index in [2.05, 4.69) is 14.6 Å². The summed E-state index contributed by atoms with van der Waals surface area (Å²) in [5.41, 5.74) is 5.04. The van der Waals surface area contributed by atoms with Crippen LogP contribution in [0.2, 0.25) is 0 Å². The third-order valence-electron chi connectivity index (χ3n) is 2.50. The molecule has 1 aliphatic heterocycles. The number of primary amides is 1. The van der Waals surface area contributed by atoms with Crippen LogP contribution in [0.3, 0.4) is 0 Å². The molecule has 2 heterocycles. The quantitative estimate of drug-likeness (QED) is 0.690. The Balaban J connectivity index is 1.91. The molecule has 10 heteroatoms. The van der Waals surface area contributed by atoms with Crippen molar-refractivity contribution in [2.45, 2.75) is 25.2 Å². The van der Waals surface area contributed by atoms with Crippen molar-refractivity contribution < 1.29 is 23.5 Å². The fourth-order valence-electron chi connectivity index (χ4n) is 1.69. The molecule has 1 amide bonds. The van der Waals surface area contributed by atoms with E-state index in [0.717, 1.165) is 0 Å². The fraction of sp³-hybridized carbons (Fsp3) is 0.625. The Morgan fingerprint density at radius 1 is 1.72 bits per heavy atom. The van der Waals surface area contributed by atoms with Crippen molar-refractivity contribution in [3.8, 4) is 0 Å². The number of nitrogens with two attached hydrogens (primary N) is 1. The van der Waals surface area contributed by atoms with Crippen molar-refractivity contribution in [3.05, 3.63) is 12.2 Å². The maximum atomic E-state index is 10.8. The summed E-state index contributed by atoms with van der Waals surface area (Å²) < 4.78 is 22.0. The van der Waals surface area contributed by atoms with E-state index in [9.17, 15) is 9.36 Å². The predicted octanol–water partition coefficient (Wildman–Crippen LogP) is -0.547. The number of carbonyl (C=O) groups excluding carboxylic acids is 1. The molecule has 100 valence electrons. The van der Waals surface area contributed by atoms with Crippen LogP contribution in [0, 0.1) is 0 Å². The second-order valence-corrected chi connectivity index (χ2v) is 4.60. The summed E-state index contributed by atoms with van der Waals surface area (Å²) in [7, 11) is -2.94. The van der Waals surface area contributed by atoms with Gasteiger partial charge in [-0.1, -0.05) is 0 Å². The highest BCUT2D eigenvalue weighted by molar-refractivity contribution is 7.32. The smallest absolute Gasteiger partial charge is 0.316 e. The maximum absolute atomic E-state index is 10.8. The molecule has 3 N–H and O–H groups in total. The molecule has 1 saturated heterocycles. The molecule has 2 rings (SSSR count). The number of hydrogen-bond donors (Lipinski definition) is 2. The molecule has 0 spiro atoms. The molecule has 0 radical (unpaired) electrons. The minimum atomic E-state index is -2.94. The van der Waals surface area contributed by atoms with Gasteiger partial charge in [0.15, 0.2) is 6.23 Å². The zero-order valence-corrected chi connectivity index (χ0v) is 10.4. The number of rotatable bonds is 5. The van der Waals surface area contributed by atoms with Crippen LogP contribution in [0.5, 0.6) is 0 Å². The molecule has 1 fully saturated rings. The zero-order valence-electron chi connectivity index (χ0n) is 9.35. The third-order valence-corrected chi connectivity index (χ3v) is 2.92. The molecule has 1 unspecified atom stereocenters. The van der Waals surface area contributed by atoms with Gasteiger partial charge in [-0.25, -0.2) is 9.67 Å². The second kappa shape index (κ2) is 5.57. The first-order valence-electron chi connectivity index (χ1n) is 5.28. The first-order valence-corrected chi connectivity index (χ1v) is 6.54. The van der Waals surface area contributed by atoms with Crippen molar-refractivity contribution in [1.29, 1.82) is 0 Å². The molecule has 1 aliphatic rings. The van der Waals surface area contributed by atoms with Crippen LogP contribution in [0.1, 0.15) is 29.7 Å². The summed E-state index contributed by atoms with van der Waals surface area (Å²) in [6.45, 7) is 0.0577. The van der Waals surface area contributed by atoms with E-state index >= 15 is 0 Å². The number of amides is 1. The van der Waals surface area contributed by atoms with Crippen LogP contribution < -0.4 is 5.73 Å². The molecule has 1 aromatic heterocycles. The van der Waals surface area contributed by atoms with E-state index in [4.69, 9.17) is 15.4 Å². The van der Waals surface area contributed by atoms with Gasteiger partial charge in [-0.15, -0.1) is 5.10 Å². The normalized spacial score (nSPS) is 25.2. The average Bonchev–Trinajstić information content (AvgIpc) is 2.95. The van der Waals surface area contributed by atoms with Crippen LogP contribution in [-0.4, -0.2) is 38.3 Å². The summed E-state index contributed by atoms with van der Waals surface area (Å²) >= 11 is 0. The SMILES string of the molecule is NC(=O)c1ncn([C@H]2CC[C@@H](CO[PH](=O)O)O2)n1. The lowest BCUT2D eigenvalue weighted by molar-refractivity contribution is -0.0242. The van der Waals surface area contributed by atoms with Gasteiger partial charge in [0.2, 0.25) is 5.82 Å².